The minimum atomic E-state index is -4.93. The molecule has 2 saturated carbocycles. The van der Waals surface area contributed by atoms with E-state index >= 15 is 0 Å². The molecule has 58 heavy (non-hydrogen) atoms. The Morgan fingerprint density at radius 1 is 1.05 bits per heavy atom. The number of hydrogen-bond donors (Lipinski definition) is 3. The smallest absolute Gasteiger partial charge is 0.427 e. The number of amides is 4. The van der Waals surface area contributed by atoms with Crippen LogP contribution in [0.3, 0.4) is 0 Å². The van der Waals surface area contributed by atoms with Crippen molar-refractivity contribution in [2.45, 2.75) is 119 Å². The lowest BCUT2D eigenvalue weighted by Crippen LogP contribution is -2.60. The van der Waals surface area contributed by atoms with Gasteiger partial charge in [-0.05, 0) is 87.4 Å². The Balaban J connectivity index is 1.36. The Morgan fingerprint density at radius 2 is 1.78 bits per heavy atom. The lowest BCUT2D eigenvalue weighted by atomic mass is 9.86. The van der Waals surface area contributed by atoms with E-state index in [1.807, 2.05) is 6.92 Å². The van der Waals surface area contributed by atoms with Crippen molar-refractivity contribution in [3.05, 3.63) is 30.5 Å². The van der Waals surface area contributed by atoms with E-state index in [0.29, 0.717) is 69.9 Å². The number of carbonyl (C=O) groups excluding carboxylic acids is 4. The van der Waals surface area contributed by atoms with Gasteiger partial charge in [-0.15, -0.1) is 0 Å². The number of halogens is 3. The monoisotopic (exact) mass is 839 g/mol. The van der Waals surface area contributed by atoms with Gasteiger partial charge in [0.2, 0.25) is 33.3 Å². The zero-order valence-corrected chi connectivity index (χ0v) is 34.0. The second-order valence-corrected chi connectivity index (χ2v) is 18.5. The molecule has 15 nitrogen and oxygen atoms in total. The Hall–Kier alpha value is -4.39. The van der Waals surface area contributed by atoms with Crippen molar-refractivity contribution < 1.29 is 59.7 Å². The van der Waals surface area contributed by atoms with Gasteiger partial charge < -0.3 is 34.5 Å². The summed E-state index contributed by atoms with van der Waals surface area (Å²) in [5.41, 5.74) is -4.46. The van der Waals surface area contributed by atoms with E-state index in [2.05, 4.69) is 20.3 Å². The lowest BCUT2D eigenvalue weighted by Gasteiger charge is -2.35. The van der Waals surface area contributed by atoms with E-state index in [9.17, 15) is 40.8 Å². The molecular formula is C39H52F3N5O10S. The summed E-state index contributed by atoms with van der Waals surface area (Å²) in [7, 11) is -1.04. The van der Waals surface area contributed by atoms with Crippen LogP contribution in [0.2, 0.25) is 0 Å². The Bertz CT molecular complexity index is 2000. The number of alkyl halides is 3. The number of carbonyl (C=O) groups is 4. The van der Waals surface area contributed by atoms with Crippen LogP contribution in [0.15, 0.2) is 30.5 Å². The molecule has 0 unspecified atom stereocenters. The molecule has 2 aliphatic heterocycles. The molecular weight excluding hydrogens is 788 g/mol. The van der Waals surface area contributed by atoms with Crippen molar-refractivity contribution in [3.63, 3.8) is 0 Å². The van der Waals surface area contributed by atoms with Gasteiger partial charge in [0.1, 0.15) is 29.5 Å². The number of nitrogens with one attached hydrogen (secondary N) is 3. The topological polar surface area (TPSA) is 192 Å². The second-order valence-electron chi connectivity index (χ2n) is 16.6. The first kappa shape index (κ1) is 43.2. The van der Waals surface area contributed by atoms with Crippen LogP contribution in [0.25, 0.3) is 10.8 Å². The predicted octanol–water partition coefficient (Wildman–Crippen LogP) is 4.37. The van der Waals surface area contributed by atoms with Gasteiger partial charge in [-0.3, -0.25) is 19.1 Å². The zero-order chi connectivity index (χ0) is 42.2. The highest BCUT2D eigenvalue weighted by Crippen LogP contribution is 2.48. The number of hydrogen-bond acceptors (Lipinski definition) is 11. The standard InChI is InChI=1S/C39H52F3N5O10S/c1-22-8-6-7-9-25-19-38(25,35(50)46-58(52,53)28-11-12-28)45-32(48)30-18-27(56-33-29-13-10-26(55-5)17-23(29)14-15-43-33)20-47(30)34(49)31(24(16-22)21-54-4)44-36(51)57-37(2,3)39(40,41)42/h10,13-15,17,22,24-25,27-28,30-31H,6-9,11-12,16,18-21H2,1-5H3,(H,44,51)(H,45,48)(H,46,50)/t22-,24-,25+,27+,30-,31-,38+/m0/s1. The molecule has 1 aromatic heterocycles. The summed E-state index contributed by atoms with van der Waals surface area (Å²) in [6.07, 6.45) is -2.01. The number of sulfonamides is 1. The molecule has 3 N–H and O–H groups in total. The summed E-state index contributed by atoms with van der Waals surface area (Å²) < 4.78 is 91.5. The molecule has 3 heterocycles. The molecule has 7 atom stereocenters. The predicted molar refractivity (Wildman–Crippen MR) is 203 cm³/mol. The molecule has 0 spiro atoms. The fourth-order valence-corrected chi connectivity index (χ4v) is 9.44. The molecule has 4 aliphatic rings. The lowest BCUT2D eigenvalue weighted by molar-refractivity contribution is -0.244. The van der Waals surface area contributed by atoms with E-state index in [4.69, 9.17) is 18.9 Å². The van der Waals surface area contributed by atoms with Gasteiger partial charge >= 0.3 is 12.3 Å². The van der Waals surface area contributed by atoms with Gasteiger partial charge in [-0.25, -0.2) is 18.2 Å². The molecule has 0 bridgehead atoms. The molecule has 320 valence electrons. The van der Waals surface area contributed by atoms with E-state index in [-0.39, 0.29) is 43.7 Å². The number of methoxy groups -OCH3 is 2. The molecule has 2 aromatic rings. The highest BCUT2D eigenvalue weighted by atomic mass is 32.2. The van der Waals surface area contributed by atoms with Crippen molar-refractivity contribution in [1.82, 2.24) is 25.2 Å². The SMILES string of the molecule is COC[C@@H]1C[C@@H](C)CCCC[C@@H]2C[C@@]2(C(=O)NS(=O)(=O)C2CC2)NC(=O)[C@@H]2C[C@@H](Oc3nccc4cc(OC)ccc34)CN2C(=O)[C@H]1NC(=O)OC(C)(C)C(F)(F)F. The van der Waals surface area contributed by atoms with Crippen molar-refractivity contribution in [2.24, 2.45) is 17.8 Å². The fourth-order valence-electron chi connectivity index (χ4n) is 8.07. The molecule has 0 radical (unpaired) electrons. The quantitative estimate of drug-likeness (QED) is 0.308. The summed E-state index contributed by atoms with van der Waals surface area (Å²) in [6, 6.07) is 4.17. The number of aromatic nitrogens is 1. The van der Waals surface area contributed by atoms with Crippen LogP contribution in [0.4, 0.5) is 18.0 Å². The largest absolute Gasteiger partial charge is 0.497 e. The van der Waals surface area contributed by atoms with Crippen LogP contribution in [-0.2, 0) is 33.9 Å². The minimum absolute atomic E-state index is 0.0535. The van der Waals surface area contributed by atoms with Crippen LogP contribution >= 0.6 is 0 Å². The third kappa shape index (κ3) is 9.40. The maximum Gasteiger partial charge on any atom is 0.427 e. The van der Waals surface area contributed by atoms with E-state index in [0.717, 1.165) is 5.39 Å². The van der Waals surface area contributed by atoms with Gasteiger partial charge in [0.15, 0.2) is 0 Å². The van der Waals surface area contributed by atoms with Gasteiger partial charge in [0.25, 0.3) is 5.91 Å². The summed E-state index contributed by atoms with van der Waals surface area (Å²) >= 11 is 0. The summed E-state index contributed by atoms with van der Waals surface area (Å²) in [6.45, 7) is 3.03. The number of fused-ring (bicyclic) bond motifs is 3. The summed E-state index contributed by atoms with van der Waals surface area (Å²) in [5.74, 6) is -2.82. The van der Waals surface area contributed by atoms with Crippen molar-refractivity contribution in [2.75, 3.05) is 27.4 Å². The number of rotatable bonds is 10. The molecule has 19 heteroatoms. The second kappa shape index (κ2) is 16.7. The minimum Gasteiger partial charge on any atom is -0.497 e. The average molecular weight is 840 g/mol. The Morgan fingerprint density at radius 3 is 2.45 bits per heavy atom. The van der Waals surface area contributed by atoms with E-state index in [1.54, 1.807) is 24.3 Å². The highest BCUT2D eigenvalue weighted by molar-refractivity contribution is 7.91. The van der Waals surface area contributed by atoms with Gasteiger partial charge in [0.05, 0.1) is 25.5 Å². The molecule has 2 aliphatic carbocycles. The fraction of sp³-hybridized carbons (Fsp3) is 0.667. The van der Waals surface area contributed by atoms with E-state index < -0.39 is 80.5 Å². The number of ether oxygens (including phenoxy) is 4. The van der Waals surface area contributed by atoms with Gasteiger partial charge in [0, 0.05) is 31.0 Å². The summed E-state index contributed by atoms with van der Waals surface area (Å²) in [5, 5.41) is 5.89. The maximum absolute atomic E-state index is 14.9. The molecule has 1 aromatic carbocycles. The van der Waals surface area contributed by atoms with Crippen LogP contribution in [-0.4, -0.2) is 110 Å². The number of pyridine rings is 1. The normalized spacial score (nSPS) is 28.6. The van der Waals surface area contributed by atoms with Crippen LogP contribution in [0, 0.1) is 17.8 Å². The van der Waals surface area contributed by atoms with Crippen molar-refractivity contribution >= 4 is 44.6 Å². The third-order valence-electron chi connectivity index (χ3n) is 11.7. The highest BCUT2D eigenvalue weighted by Gasteiger charge is 2.62. The number of nitrogens with zero attached hydrogens (tertiary/aromatic N) is 2. The van der Waals surface area contributed by atoms with Crippen molar-refractivity contribution in [1.29, 1.82) is 0 Å². The van der Waals surface area contributed by atoms with Gasteiger partial charge in [-0.1, -0.05) is 26.2 Å². The van der Waals surface area contributed by atoms with Crippen LogP contribution in [0.5, 0.6) is 11.6 Å². The van der Waals surface area contributed by atoms with E-state index in [1.165, 1.54) is 25.3 Å². The number of benzene rings is 1. The number of alkyl carbamates (subject to hydrolysis) is 1. The van der Waals surface area contributed by atoms with Crippen LogP contribution in [0.1, 0.15) is 78.6 Å². The maximum atomic E-state index is 14.9. The first-order valence-electron chi connectivity index (χ1n) is 19.6. The average Bonchev–Trinajstić information content (AvgIpc) is 4.08. The Kier molecular flexibility index (Phi) is 12.4. The first-order chi connectivity index (χ1) is 27.3. The van der Waals surface area contributed by atoms with Crippen LogP contribution < -0.4 is 24.8 Å². The first-order valence-corrected chi connectivity index (χ1v) is 21.2. The van der Waals surface area contributed by atoms with Crippen molar-refractivity contribution in [3.8, 4) is 11.6 Å². The molecule has 4 fully saturated rings. The molecule has 6 rings (SSSR count). The summed E-state index contributed by atoms with van der Waals surface area (Å²) in [4.78, 5) is 62.1. The third-order valence-corrected chi connectivity index (χ3v) is 13.6. The van der Waals surface area contributed by atoms with Gasteiger partial charge in [-0.2, -0.15) is 13.2 Å². The Labute approximate surface area is 335 Å². The zero-order valence-electron chi connectivity index (χ0n) is 33.2. The molecule has 2 saturated heterocycles. The molecule has 4 amide bonds.